The Morgan fingerprint density at radius 1 is 1.36 bits per heavy atom. The molecule has 0 atom stereocenters. The summed E-state index contributed by atoms with van der Waals surface area (Å²) in [6, 6.07) is 5.71. The van der Waals surface area contributed by atoms with Crippen molar-refractivity contribution >= 4 is 43.2 Å². The first-order valence-corrected chi connectivity index (χ1v) is 6.17. The molecule has 0 bridgehead atoms. The molecule has 0 aliphatic rings. The fourth-order valence-corrected chi connectivity index (χ4v) is 1.99. The van der Waals surface area contributed by atoms with E-state index in [-0.39, 0.29) is 0 Å². The van der Waals surface area contributed by atoms with Crippen LogP contribution in [0.15, 0.2) is 32.5 Å². The van der Waals surface area contributed by atoms with Crippen LogP contribution in [0.4, 0.5) is 0 Å². The van der Waals surface area contributed by atoms with Gasteiger partial charge in [0, 0.05) is 4.47 Å². The van der Waals surface area contributed by atoms with Crippen molar-refractivity contribution in [3.8, 4) is 11.6 Å². The molecule has 0 unspecified atom stereocenters. The summed E-state index contributed by atoms with van der Waals surface area (Å²) in [5, 5.41) is 1.80. The lowest BCUT2D eigenvalue weighted by atomic mass is 10.3. The monoisotopic (exact) mass is 332 g/mol. The minimum Gasteiger partial charge on any atom is -0.437 e. The van der Waals surface area contributed by atoms with Crippen molar-refractivity contribution in [2.75, 3.05) is 0 Å². The molecule has 71 valence electrons. The molecule has 0 aliphatic carbocycles. The summed E-state index contributed by atoms with van der Waals surface area (Å²) < 4.78 is 7.36. The first kappa shape index (κ1) is 10.1. The maximum atomic E-state index is 5.52. The van der Waals surface area contributed by atoms with Crippen LogP contribution in [0.2, 0.25) is 0 Å². The van der Waals surface area contributed by atoms with E-state index in [0.29, 0.717) is 5.88 Å². The molecule has 0 saturated carbocycles. The molecule has 5 heteroatoms. The highest BCUT2D eigenvalue weighted by Gasteiger charge is 2.06. The van der Waals surface area contributed by atoms with Gasteiger partial charge >= 0.3 is 0 Å². The van der Waals surface area contributed by atoms with Crippen molar-refractivity contribution in [3.05, 3.63) is 38.0 Å². The second-order valence-corrected chi connectivity index (χ2v) is 4.73. The van der Waals surface area contributed by atoms with Gasteiger partial charge < -0.3 is 4.74 Å². The Balaban J connectivity index is 2.29. The van der Waals surface area contributed by atoms with Crippen molar-refractivity contribution in [1.82, 2.24) is 4.98 Å². The number of nitrogens with zero attached hydrogens (tertiary/aromatic N) is 1. The number of hydrogen-bond donors (Lipinski definition) is 0. The van der Waals surface area contributed by atoms with E-state index < -0.39 is 0 Å². The Bertz CT molecular complexity index is 430. The maximum Gasteiger partial charge on any atom is 0.230 e. The van der Waals surface area contributed by atoms with Gasteiger partial charge in [-0.25, -0.2) is 0 Å². The fourth-order valence-electron chi connectivity index (χ4n) is 0.897. The van der Waals surface area contributed by atoms with Gasteiger partial charge in [0.1, 0.15) is 5.75 Å². The van der Waals surface area contributed by atoms with E-state index in [2.05, 4.69) is 42.4 Å². The van der Waals surface area contributed by atoms with Crippen LogP contribution in [-0.4, -0.2) is 4.98 Å². The van der Waals surface area contributed by atoms with Crippen LogP contribution in [0.25, 0.3) is 0 Å². The minimum atomic E-state index is 0.564. The molecule has 0 N–H and O–H groups in total. The summed E-state index contributed by atoms with van der Waals surface area (Å²) in [7, 11) is 0. The molecule has 1 radical (unpaired) electrons. The van der Waals surface area contributed by atoms with Crippen LogP contribution < -0.4 is 4.74 Å². The third-order valence-electron chi connectivity index (χ3n) is 1.50. The molecule has 1 aromatic heterocycles. The molecule has 0 aliphatic heterocycles. The van der Waals surface area contributed by atoms with E-state index in [1.165, 1.54) is 11.3 Å². The lowest BCUT2D eigenvalue weighted by Crippen LogP contribution is -1.85. The van der Waals surface area contributed by atoms with Gasteiger partial charge in [-0.2, -0.15) is 4.98 Å². The summed E-state index contributed by atoms with van der Waals surface area (Å²) >= 11 is 8.20. The Morgan fingerprint density at radius 3 is 2.93 bits per heavy atom. The van der Waals surface area contributed by atoms with Crippen molar-refractivity contribution < 1.29 is 4.74 Å². The molecule has 2 rings (SSSR count). The third kappa shape index (κ3) is 2.16. The second-order valence-electron chi connectivity index (χ2n) is 2.43. The van der Waals surface area contributed by atoms with Gasteiger partial charge in [0.2, 0.25) is 5.88 Å². The Hall–Kier alpha value is -0.390. The largest absolute Gasteiger partial charge is 0.437 e. The van der Waals surface area contributed by atoms with Crippen molar-refractivity contribution in [2.24, 2.45) is 0 Å². The molecule has 1 aromatic carbocycles. The zero-order valence-corrected chi connectivity index (χ0v) is 10.8. The van der Waals surface area contributed by atoms with Gasteiger partial charge in [-0.3, -0.25) is 0 Å². The zero-order valence-electron chi connectivity index (χ0n) is 6.83. The molecule has 0 saturated heterocycles. The van der Waals surface area contributed by atoms with Gasteiger partial charge in [0.15, 0.2) is 5.51 Å². The average Bonchev–Trinajstić information content (AvgIpc) is 2.66. The summed E-state index contributed by atoms with van der Waals surface area (Å²) in [4.78, 5) is 3.92. The van der Waals surface area contributed by atoms with Crippen LogP contribution in [0.3, 0.4) is 0 Å². The van der Waals surface area contributed by atoms with E-state index in [9.17, 15) is 0 Å². The highest BCUT2D eigenvalue weighted by molar-refractivity contribution is 9.13. The number of hydrogen-bond acceptors (Lipinski definition) is 3. The Kier molecular flexibility index (Phi) is 3.20. The lowest BCUT2D eigenvalue weighted by Gasteiger charge is -2.05. The number of benzene rings is 1. The van der Waals surface area contributed by atoms with Crippen LogP contribution in [0.1, 0.15) is 0 Å². The number of thiazole rings is 1. The quantitative estimate of drug-likeness (QED) is 0.819. The predicted molar refractivity (Wildman–Crippen MR) is 62.9 cm³/mol. The summed E-state index contributed by atoms with van der Waals surface area (Å²) in [6.45, 7) is 0. The molecule has 2 nitrogen and oxygen atoms in total. The Labute approximate surface area is 102 Å². The van der Waals surface area contributed by atoms with Crippen LogP contribution in [0, 0.1) is 5.51 Å². The van der Waals surface area contributed by atoms with Gasteiger partial charge in [-0.05, 0) is 44.0 Å². The highest BCUT2D eigenvalue weighted by Crippen LogP contribution is 2.34. The molecular weight excluding hydrogens is 330 g/mol. The lowest BCUT2D eigenvalue weighted by molar-refractivity contribution is 0.463. The Morgan fingerprint density at radius 2 is 2.21 bits per heavy atom. The topological polar surface area (TPSA) is 22.1 Å². The number of aromatic nitrogens is 1. The van der Waals surface area contributed by atoms with E-state index >= 15 is 0 Å². The maximum absolute atomic E-state index is 5.52. The first-order chi connectivity index (χ1) is 6.77. The standard InChI is InChI=1S/C9H4Br2NOS/c10-6-2-1-3-7(9(6)11)13-8-4-14-5-12-8/h1-4H. The van der Waals surface area contributed by atoms with Crippen LogP contribution >= 0.6 is 43.2 Å². The van der Waals surface area contributed by atoms with E-state index in [1.54, 1.807) is 5.38 Å². The number of ether oxygens (including phenoxy) is 1. The predicted octanol–water partition coefficient (Wildman–Crippen LogP) is 4.26. The summed E-state index contributed by atoms with van der Waals surface area (Å²) in [5.41, 5.74) is 2.72. The van der Waals surface area contributed by atoms with E-state index in [0.717, 1.165) is 14.7 Å². The smallest absolute Gasteiger partial charge is 0.230 e. The average molecular weight is 334 g/mol. The fraction of sp³-hybridized carbons (Fsp3) is 0. The third-order valence-corrected chi connectivity index (χ3v) is 4.03. The van der Waals surface area contributed by atoms with E-state index in [1.807, 2.05) is 18.2 Å². The van der Waals surface area contributed by atoms with Crippen molar-refractivity contribution in [1.29, 1.82) is 0 Å². The molecule has 0 amide bonds. The normalized spacial score (nSPS) is 10.1. The van der Waals surface area contributed by atoms with Crippen molar-refractivity contribution in [2.45, 2.75) is 0 Å². The highest BCUT2D eigenvalue weighted by atomic mass is 79.9. The summed E-state index contributed by atoms with van der Waals surface area (Å²) in [5.74, 6) is 1.30. The van der Waals surface area contributed by atoms with Crippen LogP contribution in [-0.2, 0) is 0 Å². The molecule has 0 spiro atoms. The van der Waals surface area contributed by atoms with E-state index in [4.69, 9.17) is 4.74 Å². The molecule has 0 fully saturated rings. The molecule has 1 heterocycles. The summed E-state index contributed by atoms with van der Waals surface area (Å²) in [6.07, 6.45) is 0. The van der Waals surface area contributed by atoms with Crippen molar-refractivity contribution in [3.63, 3.8) is 0 Å². The molecule has 14 heavy (non-hydrogen) atoms. The van der Waals surface area contributed by atoms with Gasteiger partial charge in [-0.1, -0.05) is 6.07 Å². The van der Waals surface area contributed by atoms with Crippen LogP contribution in [0.5, 0.6) is 11.6 Å². The van der Waals surface area contributed by atoms with Gasteiger partial charge in [0.25, 0.3) is 0 Å². The second kappa shape index (κ2) is 4.42. The SMILES string of the molecule is Brc1cccc(Oc2cs[c]n2)c1Br. The van der Waals surface area contributed by atoms with Gasteiger partial charge in [-0.15, -0.1) is 11.3 Å². The number of halogens is 2. The molecular formula is C9H4Br2NOS. The minimum absolute atomic E-state index is 0.564. The molecule has 2 aromatic rings. The zero-order chi connectivity index (χ0) is 9.97. The number of rotatable bonds is 2. The van der Waals surface area contributed by atoms with Gasteiger partial charge in [0.05, 0.1) is 9.85 Å². The first-order valence-electron chi connectivity index (χ1n) is 3.71.